The topological polar surface area (TPSA) is 67.2 Å². The van der Waals surface area contributed by atoms with Gasteiger partial charge in [-0.1, -0.05) is 18.2 Å². The second-order valence-electron chi connectivity index (χ2n) is 7.64. The van der Waals surface area contributed by atoms with E-state index in [0.717, 1.165) is 33.7 Å². The highest BCUT2D eigenvalue weighted by molar-refractivity contribution is 7.10. The Balaban J connectivity index is 1.27. The number of carbonyl (C=O) groups excluding carboxylic acids is 2. The number of nitrogens with one attached hydrogen (secondary N) is 1. The molecule has 1 aliphatic heterocycles. The van der Waals surface area contributed by atoms with E-state index in [1.165, 1.54) is 0 Å². The van der Waals surface area contributed by atoms with Crippen molar-refractivity contribution in [2.75, 3.05) is 11.9 Å². The summed E-state index contributed by atoms with van der Waals surface area (Å²) in [6.07, 6.45) is 3.70. The van der Waals surface area contributed by atoms with Crippen molar-refractivity contribution in [3.63, 3.8) is 0 Å². The first-order valence-electron chi connectivity index (χ1n) is 10.3. The fourth-order valence-corrected chi connectivity index (χ4v) is 4.79. The monoisotopic (exact) mass is 430 g/mol. The third kappa shape index (κ3) is 3.96. The van der Waals surface area contributed by atoms with E-state index in [4.69, 9.17) is 0 Å². The van der Waals surface area contributed by atoms with Crippen LogP contribution in [-0.4, -0.2) is 38.9 Å². The van der Waals surface area contributed by atoms with Crippen LogP contribution in [0.15, 0.2) is 72.4 Å². The summed E-state index contributed by atoms with van der Waals surface area (Å²) < 4.78 is 2.02. The van der Waals surface area contributed by atoms with Crippen molar-refractivity contribution in [3.05, 3.63) is 77.2 Å². The molecule has 0 saturated carbocycles. The van der Waals surface area contributed by atoms with Crippen molar-refractivity contribution in [2.24, 2.45) is 0 Å². The molecule has 2 aromatic heterocycles. The molecule has 31 heavy (non-hydrogen) atoms. The molecule has 0 aliphatic carbocycles. The lowest BCUT2D eigenvalue weighted by atomic mass is 10.2. The average Bonchev–Trinajstić information content (AvgIpc) is 3.54. The number of anilines is 1. The highest BCUT2D eigenvalue weighted by atomic mass is 32.1. The predicted molar refractivity (Wildman–Crippen MR) is 122 cm³/mol. The van der Waals surface area contributed by atoms with Crippen molar-refractivity contribution in [2.45, 2.75) is 25.3 Å². The molecule has 7 heteroatoms. The fourth-order valence-electron chi connectivity index (χ4n) is 4.10. The summed E-state index contributed by atoms with van der Waals surface area (Å²) in [4.78, 5) is 32.8. The Hall–Kier alpha value is -3.45. The van der Waals surface area contributed by atoms with Gasteiger partial charge in [-0.25, -0.2) is 4.98 Å². The van der Waals surface area contributed by atoms with E-state index in [9.17, 15) is 9.59 Å². The highest BCUT2D eigenvalue weighted by Gasteiger charge is 2.34. The normalized spacial score (nSPS) is 16.0. The minimum atomic E-state index is -0.412. The summed E-state index contributed by atoms with van der Waals surface area (Å²) in [5.41, 5.74) is 3.66. The van der Waals surface area contributed by atoms with Gasteiger partial charge in [-0.3, -0.25) is 14.2 Å². The average molecular weight is 431 g/mol. The molecule has 1 N–H and O–H groups in total. The van der Waals surface area contributed by atoms with E-state index in [-0.39, 0.29) is 11.8 Å². The zero-order chi connectivity index (χ0) is 21.2. The second kappa shape index (κ2) is 8.35. The number of hydrogen-bond donors (Lipinski definition) is 1. The zero-order valence-electron chi connectivity index (χ0n) is 16.9. The molecule has 156 valence electrons. The number of fused-ring (bicyclic) bond motifs is 1. The molecular weight excluding hydrogens is 408 g/mol. The minimum Gasteiger partial charge on any atom is -0.330 e. The van der Waals surface area contributed by atoms with Gasteiger partial charge in [0.1, 0.15) is 12.4 Å². The first-order valence-corrected chi connectivity index (χ1v) is 11.2. The van der Waals surface area contributed by atoms with Crippen LogP contribution in [0.4, 0.5) is 5.69 Å². The summed E-state index contributed by atoms with van der Waals surface area (Å²) in [6, 6.07) is 19.1. The van der Waals surface area contributed by atoms with E-state index in [1.54, 1.807) is 22.6 Å². The Morgan fingerprint density at radius 3 is 2.71 bits per heavy atom. The first kappa shape index (κ1) is 19.5. The van der Waals surface area contributed by atoms with Crippen LogP contribution >= 0.6 is 11.3 Å². The van der Waals surface area contributed by atoms with Crippen LogP contribution in [-0.2, 0) is 16.0 Å². The molecule has 1 aliphatic rings. The van der Waals surface area contributed by atoms with Crippen molar-refractivity contribution in [1.29, 1.82) is 0 Å². The smallest absolute Gasteiger partial charge is 0.247 e. The van der Waals surface area contributed by atoms with E-state index < -0.39 is 6.04 Å². The van der Waals surface area contributed by atoms with Crippen molar-refractivity contribution in [3.8, 4) is 5.69 Å². The summed E-state index contributed by atoms with van der Waals surface area (Å²) in [6.45, 7) is 0.634. The number of carbonyl (C=O) groups is 2. The quantitative estimate of drug-likeness (QED) is 0.514. The van der Waals surface area contributed by atoms with Crippen LogP contribution in [0.25, 0.3) is 16.7 Å². The van der Waals surface area contributed by atoms with Gasteiger partial charge in [0.15, 0.2) is 0 Å². The lowest BCUT2D eigenvalue weighted by molar-refractivity contribution is -0.136. The number of nitrogens with zero attached hydrogens (tertiary/aromatic N) is 3. The zero-order valence-corrected chi connectivity index (χ0v) is 17.7. The highest BCUT2D eigenvalue weighted by Crippen LogP contribution is 2.23. The van der Waals surface area contributed by atoms with E-state index in [1.807, 2.05) is 70.6 Å². The van der Waals surface area contributed by atoms with Crippen molar-refractivity contribution in [1.82, 2.24) is 14.5 Å². The summed E-state index contributed by atoms with van der Waals surface area (Å²) >= 11 is 1.57. The van der Waals surface area contributed by atoms with E-state index in [2.05, 4.69) is 10.3 Å². The molecule has 1 fully saturated rings. The molecule has 1 atom stereocenters. The van der Waals surface area contributed by atoms with Gasteiger partial charge in [-0.2, -0.15) is 0 Å². The van der Waals surface area contributed by atoms with Crippen LogP contribution < -0.4 is 5.32 Å². The van der Waals surface area contributed by atoms with Gasteiger partial charge >= 0.3 is 0 Å². The number of imidazole rings is 1. The lowest BCUT2D eigenvalue weighted by Gasteiger charge is -2.24. The van der Waals surface area contributed by atoms with Gasteiger partial charge in [0.25, 0.3) is 0 Å². The van der Waals surface area contributed by atoms with Gasteiger partial charge in [0.2, 0.25) is 11.8 Å². The van der Waals surface area contributed by atoms with E-state index in [0.29, 0.717) is 19.4 Å². The van der Waals surface area contributed by atoms with Crippen LogP contribution in [0.1, 0.15) is 17.7 Å². The Labute approximate surface area is 184 Å². The van der Waals surface area contributed by atoms with Gasteiger partial charge < -0.3 is 10.2 Å². The lowest BCUT2D eigenvalue weighted by Crippen LogP contribution is -2.43. The number of likely N-dealkylation sites (tertiary alicyclic amines) is 1. The second-order valence-corrected chi connectivity index (χ2v) is 8.67. The summed E-state index contributed by atoms with van der Waals surface area (Å²) in [5.74, 6) is -0.111. The summed E-state index contributed by atoms with van der Waals surface area (Å²) in [7, 11) is 0. The maximum Gasteiger partial charge on any atom is 0.247 e. The van der Waals surface area contributed by atoms with Crippen LogP contribution in [0.3, 0.4) is 0 Å². The molecule has 3 heterocycles. The molecule has 5 rings (SSSR count). The van der Waals surface area contributed by atoms with E-state index >= 15 is 0 Å². The fraction of sp³-hybridized carbons (Fsp3) is 0.208. The molecule has 2 aromatic carbocycles. The Morgan fingerprint density at radius 2 is 1.90 bits per heavy atom. The van der Waals surface area contributed by atoms with Gasteiger partial charge in [-0.05, 0) is 60.7 Å². The number of para-hydroxylation sites is 2. The molecular formula is C24H22N4O2S. The Morgan fingerprint density at radius 1 is 1.06 bits per heavy atom. The maximum absolute atomic E-state index is 12.9. The van der Waals surface area contributed by atoms with Gasteiger partial charge in [0, 0.05) is 22.8 Å². The number of hydrogen-bond acceptors (Lipinski definition) is 4. The van der Waals surface area contributed by atoms with Gasteiger partial charge in [-0.15, -0.1) is 11.3 Å². The molecule has 6 nitrogen and oxygen atoms in total. The molecule has 0 spiro atoms. The molecule has 2 amide bonds. The molecule has 4 aromatic rings. The van der Waals surface area contributed by atoms with Crippen LogP contribution in [0, 0.1) is 0 Å². The van der Waals surface area contributed by atoms with Gasteiger partial charge in [0.05, 0.1) is 17.5 Å². The Bertz CT molecular complexity index is 1210. The number of amides is 2. The standard InChI is InChI=1S/C24H22N4O2S/c29-23(15-19-5-4-14-31-19)27-13-3-8-22(27)24(30)26-17-9-11-18(12-10-17)28-16-25-20-6-1-2-7-21(20)28/h1-2,4-7,9-12,14,16,22H,3,8,13,15H2,(H,26,30). The Kier molecular flexibility index (Phi) is 5.26. The number of rotatable bonds is 5. The molecule has 1 saturated heterocycles. The van der Waals surface area contributed by atoms with Crippen LogP contribution in [0.5, 0.6) is 0 Å². The van der Waals surface area contributed by atoms with Crippen LogP contribution in [0.2, 0.25) is 0 Å². The number of thiophene rings is 1. The molecule has 0 bridgehead atoms. The maximum atomic E-state index is 12.9. The third-order valence-electron chi connectivity index (χ3n) is 5.65. The summed E-state index contributed by atoms with van der Waals surface area (Å²) in [5, 5.41) is 4.95. The minimum absolute atomic E-state index is 0.0161. The largest absolute Gasteiger partial charge is 0.330 e. The third-order valence-corrected chi connectivity index (χ3v) is 6.52. The van der Waals surface area contributed by atoms with Crippen molar-refractivity contribution < 1.29 is 9.59 Å². The molecule has 1 unspecified atom stereocenters. The molecule has 0 radical (unpaired) electrons. The number of aromatic nitrogens is 2. The van der Waals surface area contributed by atoms with Crippen molar-refractivity contribution >= 4 is 39.9 Å². The first-order chi connectivity index (χ1) is 15.2. The number of benzene rings is 2. The predicted octanol–water partition coefficient (Wildman–Crippen LogP) is 4.26. The SMILES string of the molecule is O=C(Nc1ccc(-n2cnc3ccccc32)cc1)C1CCCN1C(=O)Cc1cccs1.